The summed E-state index contributed by atoms with van der Waals surface area (Å²) in [5, 5.41) is 0. The Kier molecular flexibility index (Phi) is 9.55. The topological polar surface area (TPSA) is 88.1 Å². The lowest BCUT2D eigenvalue weighted by molar-refractivity contribution is -0.125. The molecule has 0 saturated heterocycles. The highest BCUT2D eigenvalue weighted by atomic mass is 19.1. The van der Waals surface area contributed by atoms with E-state index in [1.54, 1.807) is 60.7 Å². The Labute approximate surface area is 228 Å². The molecule has 0 aromatic heterocycles. The molecule has 7 nitrogen and oxygen atoms in total. The van der Waals surface area contributed by atoms with Gasteiger partial charge >= 0.3 is 11.9 Å². The molecule has 0 amide bonds. The molecule has 0 bridgehead atoms. The third-order valence-corrected chi connectivity index (χ3v) is 5.56. The van der Waals surface area contributed by atoms with Crippen molar-refractivity contribution in [1.82, 2.24) is 0 Å². The highest BCUT2D eigenvalue weighted by Crippen LogP contribution is 2.22. The van der Waals surface area contributed by atoms with Crippen LogP contribution in [-0.4, -0.2) is 30.9 Å². The number of hydrogen-bond acceptors (Lipinski definition) is 7. The predicted molar refractivity (Wildman–Crippen MR) is 140 cm³/mol. The van der Waals surface area contributed by atoms with Crippen molar-refractivity contribution >= 4 is 17.7 Å². The van der Waals surface area contributed by atoms with Gasteiger partial charge in [-0.15, -0.1) is 0 Å². The molecule has 0 aliphatic rings. The van der Waals surface area contributed by atoms with Crippen molar-refractivity contribution in [1.29, 1.82) is 0 Å². The molecule has 0 spiro atoms. The van der Waals surface area contributed by atoms with Gasteiger partial charge in [0.05, 0.1) is 0 Å². The van der Waals surface area contributed by atoms with Crippen LogP contribution in [-0.2, 0) is 27.5 Å². The molecule has 204 valence electrons. The van der Waals surface area contributed by atoms with Crippen molar-refractivity contribution in [3.8, 4) is 11.5 Å². The number of Topliss-reactive ketones (excluding diaryl/α,β-unsaturated/α-hetero) is 1. The second-order valence-corrected chi connectivity index (χ2v) is 8.51. The fourth-order valence-corrected chi connectivity index (χ4v) is 3.49. The van der Waals surface area contributed by atoms with Crippen molar-refractivity contribution in [3.05, 3.63) is 131 Å². The van der Waals surface area contributed by atoms with Gasteiger partial charge in [-0.05, 0) is 59.7 Å². The summed E-state index contributed by atoms with van der Waals surface area (Å²) in [5.41, 5.74) is 1.59. The van der Waals surface area contributed by atoms with Crippen molar-refractivity contribution < 1.29 is 42.1 Å². The SMILES string of the molecule is O=C(COC(=O)c1ccccc1OCc1ccc(F)cc1)COC(=O)c1ccccc1OCc1ccc(F)cc1. The molecule has 0 N–H and O–H groups in total. The van der Waals surface area contributed by atoms with E-state index in [4.69, 9.17) is 18.9 Å². The van der Waals surface area contributed by atoms with Crippen LogP contribution in [0.1, 0.15) is 31.8 Å². The van der Waals surface area contributed by atoms with Crippen LogP contribution in [0, 0.1) is 11.6 Å². The van der Waals surface area contributed by atoms with Gasteiger partial charge < -0.3 is 18.9 Å². The number of benzene rings is 4. The van der Waals surface area contributed by atoms with Gasteiger partial charge in [-0.25, -0.2) is 18.4 Å². The molecule has 4 aromatic rings. The summed E-state index contributed by atoms with van der Waals surface area (Å²) < 4.78 is 47.7. The third-order valence-electron chi connectivity index (χ3n) is 5.56. The lowest BCUT2D eigenvalue weighted by Gasteiger charge is -2.12. The van der Waals surface area contributed by atoms with Crippen LogP contribution in [0.25, 0.3) is 0 Å². The van der Waals surface area contributed by atoms with Crippen LogP contribution in [0.3, 0.4) is 0 Å². The first-order valence-corrected chi connectivity index (χ1v) is 12.2. The van der Waals surface area contributed by atoms with Gasteiger partial charge in [0.1, 0.15) is 47.5 Å². The van der Waals surface area contributed by atoms with Gasteiger partial charge in [-0.1, -0.05) is 48.5 Å². The molecule has 4 rings (SSSR count). The highest BCUT2D eigenvalue weighted by Gasteiger charge is 2.18. The van der Waals surface area contributed by atoms with Gasteiger partial charge in [0, 0.05) is 0 Å². The molecule has 0 heterocycles. The van der Waals surface area contributed by atoms with E-state index in [0.717, 1.165) is 0 Å². The second kappa shape index (κ2) is 13.7. The summed E-state index contributed by atoms with van der Waals surface area (Å²) in [7, 11) is 0. The standard InChI is InChI=1S/C31H24F2O7/c32-23-13-9-21(10-14-23)17-37-28-7-3-1-5-26(28)30(35)39-19-25(34)20-40-31(36)27-6-2-4-8-29(27)38-18-22-11-15-24(33)16-12-22/h1-16H,17-20H2. The van der Waals surface area contributed by atoms with Crippen LogP contribution in [0.4, 0.5) is 8.78 Å². The lowest BCUT2D eigenvalue weighted by Crippen LogP contribution is -2.21. The van der Waals surface area contributed by atoms with E-state index >= 15 is 0 Å². The first kappa shape index (κ1) is 28.0. The van der Waals surface area contributed by atoms with Crippen molar-refractivity contribution in [2.45, 2.75) is 13.2 Å². The molecule has 0 aliphatic carbocycles. The van der Waals surface area contributed by atoms with Crippen LogP contribution < -0.4 is 9.47 Å². The summed E-state index contributed by atoms with van der Waals surface area (Å²) >= 11 is 0. The maximum absolute atomic E-state index is 13.1. The van der Waals surface area contributed by atoms with E-state index in [2.05, 4.69) is 0 Å². The molecule has 0 unspecified atom stereocenters. The number of carbonyl (C=O) groups excluding carboxylic acids is 3. The fourth-order valence-electron chi connectivity index (χ4n) is 3.49. The molecule has 4 aromatic carbocycles. The average Bonchev–Trinajstić information content (AvgIpc) is 2.98. The summed E-state index contributed by atoms with van der Waals surface area (Å²) in [6.07, 6.45) is 0. The minimum Gasteiger partial charge on any atom is -0.488 e. The number of halogens is 2. The number of carbonyl (C=O) groups is 3. The zero-order chi connectivity index (χ0) is 28.3. The molecule has 0 atom stereocenters. The number of ketones is 1. The highest BCUT2D eigenvalue weighted by molar-refractivity contribution is 5.96. The first-order chi connectivity index (χ1) is 19.4. The van der Waals surface area contributed by atoms with Crippen molar-refractivity contribution in [3.63, 3.8) is 0 Å². The molecule has 0 saturated carbocycles. The first-order valence-electron chi connectivity index (χ1n) is 12.2. The Bertz CT molecular complexity index is 1360. The Balaban J connectivity index is 1.26. The predicted octanol–water partition coefficient (Wildman–Crippen LogP) is 5.71. The monoisotopic (exact) mass is 546 g/mol. The summed E-state index contributed by atoms with van der Waals surface area (Å²) in [6, 6.07) is 24.1. The van der Waals surface area contributed by atoms with Gasteiger partial charge in [-0.3, -0.25) is 4.79 Å². The van der Waals surface area contributed by atoms with E-state index in [1.807, 2.05) is 0 Å². The van der Waals surface area contributed by atoms with Gasteiger partial charge in [0.25, 0.3) is 0 Å². The third kappa shape index (κ3) is 7.97. The number of para-hydroxylation sites is 2. The van der Waals surface area contributed by atoms with Crippen LogP contribution in [0.15, 0.2) is 97.1 Å². The zero-order valence-corrected chi connectivity index (χ0v) is 21.2. The molecule has 40 heavy (non-hydrogen) atoms. The second-order valence-electron chi connectivity index (χ2n) is 8.51. The van der Waals surface area contributed by atoms with Crippen LogP contribution in [0.2, 0.25) is 0 Å². The number of esters is 2. The van der Waals surface area contributed by atoms with E-state index in [-0.39, 0.29) is 47.5 Å². The summed E-state index contributed by atoms with van der Waals surface area (Å²) in [4.78, 5) is 37.5. The molecule has 0 aliphatic heterocycles. The molecule has 0 radical (unpaired) electrons. The Morgan fingerprint density at radius 3 is 1.30 bits per heavy atom. The van der Waals surface area contributed by atoms with Crippen molar-refractivity contribution in [2.75, 3.05) is 13.2 Å². The van der Waals surface area contributed by atoms with E-state index in [0.29, 0.717) is 11.1 Å². The molecule has 0 fully saturated rings. The van der Waals surface area contributed by atoms with E-state index in [9.17, 15) is 23.2 Å². The minimum absolute atomic E-state index is 0.0918. The van der Waals surface area contributed by atoms with E-state index in [1.165, 1.54) is 36.4 Å². The van der Waals surface area contributed by atoms with Gasteiger partial charge in [0.2, 0.25) is 5.78 Å². The van der Waals surface area contributed by atoms with Crippen LogP contribution >= 0.6 is 0 Å². The normalized spacial score (nSPS) is 10.4. The summed E-state index contributed by atoms with van der Waals surface area (Å²) in [6.45, 7) is -1.06. The number of rotatable bonds is 12. The molecular formula is C31H24F2O7. The Morgan fingerprint density at radius 2 is 0.900 bits per heavy atom. The lowest BCUT2D eigenvalue weighted by atomic mass is 10.2. The Morgan fingerprint density at radius 1 is 0.525 bits per heavy atom. The maximum atomic E-state index is 13.1. The summed E-state index contributed by atoms with van der Waals surface area (Å²) in [5.74, 6) is -2.52. The number of hydrogen-bond donors (Lipinski definition) is 0. The largest absolute Gasteiger partial charge is 0.488 e. The molecular weight excluding hydrogens is 522 g/mol. The Hall–Kier alpha value is -5.05. The number of ether oxygens (including phenoxy) is 4. The fraction of sp³-hybridized carbons (Fsp3) is 0.129. The smallest absolute Gasteiger partial charge is 0.342 e. The maximum Gasteiger partial charge on any atom is 0.342 e. The van der Waals surface area contributed by atoms with Gasteiger partial charge in [0.15, 0.2) is 13.2 Å². The van der Waals surface area contributed by atoms with Crippen molar-refractivity contribution in [2.24, 2.45) is 0 Å². The minimum atomic E-state index is -0.797. The van der Waals surface area contributed by atoms with Crippen LogP contribution in [0.5, 0.6) is 11.5 Å². The average molecular weight is 547 g/mol. The molecule has 9 heteroatoms. The van der Waals surface area contributed by atoms with E-state index < -0.39 is 30.9 Å². The quantitative estimate of drug-likeness (QED) is 0.211. The van der Waals surface area contributed by atoms with Gasteiger partial charge in [-0.2, -0.15) is 0 Å². The zero-order valence-electron chi connectivity index (χ0n) is 21.2.